The van der Waals surface area contributed by atoms with E-state index in [9.17, 15) is 9.59 Å². The molecule has 2 aromatic carbocycles. The van der Waals surface area contributed by atoms with Crippen molar-refractivity contribution in [2.75, 3.05) is 18.5 Å². The van der Waals surface area contributed by atoms with E-state index in [2.05, 4.69) is 15.9 Å². The van der Waals surface area contributed by atoms with Crippen LogP contribution in [-0.4, -0.2) is 45.9 Å². The molecule has 3 aromatic rings. The van der Waals surface area contributed by atoms with Gasteiger partial charge in [-0.1, -0.05) is 53.4 Å². The highest BCUT2D eigenvalue weighted by Crippen LogP contribution is 2.34. The normalized spacial score (nSPS) is 19.4. The van der Waals surface area contributed by atoms with Gasteiger partial charge in [0.05, 0.1) is 11.0 Å². The van der Waals surface area contributed by atoms with Crippen LogP contribution in [0, 0.1) is 0 Å². The summed E-state index contributed by atoms with van der Waals surface area (Å²) in [6.45, 7) is 0.815. The molecule has 2 amide bonds. The summed E-state index contributed by atoms with van der Waals surface area (Å²) in [6, 6.07) is 16.1. The van der Waals surface area contributed by atoms with E-state index in [1.165, 1.54) is 19.3 Å². The second kappa shape index (κ2) is 9.29. The molecule has 2 fully saturated rings. The van der Waals surface area contributed by atoms with Gasteiger partial charge in [0.1, 0.15) is 12.4 Å². The van der Waals surface area contributed by atoms with Gasteiger partial charge in [-0.25, -0.2) is 4.98 Å². The predicted molar refractivity (Wildman–Crippen MR) is 133 cm³/mol. The SMILES string of the molecule is CN(C(=O)Cn1c(C2CC(=O)N(c3cccc(Br)c3)C2)nc2ccccc21)C1CCCCC1. The molecule has 0 bridgehead atoms. The van der Waals surface area contributed by atoms with E-state index in [0.717, 1.165) is 39.9 Å². The summed E-state index contributed by atoms with van der Waals surface area (Å²) in [5.74, 6) is 0.964. The van der Waals surface area contributed by atoms with Crippen molar-refractivity contribution in [3.63, 3.8) is 0 Å². The monoisotopic (exact) mass is 508 g/mol. The molecule has 1 aromatic heterocycles. The summed E-state index contributed by atoms with van der Waals surface area (Å²) in [6.07, 6.45) is 6.20. The molecule has 1 aliphatic heterocycles. The van der Waals surface area contributed by atoms with Crippen molar-refractivity contribution in [3.05, 3.63) is 58.8 Å². The Morgan fingerprint density at radius 1 is 1.12 bits per heavy atom. The van der Waals surface area contributed by atoms with Gasteiger partial charge in [-0.3, -0.25) is 9.59 Å². The van der Waals surface area contributed by atoms with Crippen LogP contribution in [0.15, 0.2) is 53.0 Å². The van der Waals surface area contributed by atoms with Crippen LogP contribution in [0.5, 0.6) is 0 Å². The van der Waals surface area contributed by atoms with E-state index >= 15 is 0 Å². The van der Waals surface area contributed by atoms with Crippen LogP contribution in [0.1, 0.15) is 50.3 Å². The average molecular weight is 509 g/mol. The third kappa shape index (κ3) is 4.43. The van der Waals surface area contributed by atoms with Gasteiger partial charge in [0, 0.05) is 42.1 Å². The molecule has 1 aliphatic carbocycles. The number of carbonyl (C=O) groups excluding carboxylic acids is 2. The highest BCUT2D eigenvalue weighted by molar-refractivity contribution is 9.10. The second-order valence-electron chi connectivity index (χ2n) is 9.23. The fourth-order valence-corrected chi connectivity index (χ4v) is 5.65. The van der Waals surface area contributed by atoms with Crippen LogP contribution in [0.2, 0.25) is 0 Å². The van der Waals surface area contributed by atoms with Crippen molar-refractivity contribution in [2.24, 2.45) is 0 Å². The molecular weight excluding hydrogens is 480 g/mol. The number of aromatic nitrogens is 2. The number of imidazole rings is 1. The Labute approximate surface area is 202 Å². The van der Waals surface area contributed by atoms with Crippen molar-refractivity contribution in [1.29, 1.82) is 0 Å². The number of likely N-dealkylation sites (N-methyl/N-ethyl adjacent to an activating group) is 1. The standard InChI is InChI=1S/C26H29BrN4O2/c1-29(20-9-3-2-4-10-20)25(33)17-31-23-13-6-5-12-22(23)28-26(31)18-14-24(32)30(16-18)21-11-7-8-19(27)15-21/h5-8,11-13,15,18,20H,2-4,9-10,14,16-17H2,1H3. The Morgan fingerprint density at radius 3 is 2.70 bits per heavy atom. The molecule has 2 aliphatic rings. The van der Waals surface area contributed by atoms with Gasteiger partial charge in [-0.2, -0.15) is 0 Å². The maximum absolute atomic E-state index is 13.3. The Bertz CT molecular complexity index is 1180. The minimum absolute atomic E-state index is 0.0586. The lowest BCUT2D eigenvalue weighted by Gasteiger charge is -2.31. The van der Waals surface area contributed by atoms with Crippen LogP contribution in [-0.2, 0) is 16.1 Å². The number of benzene rings is 2. The number of para-hydroxylation sites is 2. The molecule has 0 radical (unpaired) electrons. The first-order chi connectivity index (χ1) is 16.0. The number of fused-ring (bicyclic) bond motifs is 1. The van der Waals surface area contributed by atoms with E-state index in [1.807, 2.05) is 69.9 Å². The number of halogens is 1. The molecule has 2 heterocycles. The van der Waals surface area contributed by atoms with Crippen LogP contribution in [0.3, 0.4) is 0 Å². The second-order valence-corrected chi connectivity index (χ2v) is 10.1. The Morgan fingerprint density at radius 2 is 1.91 bits per heavy atom. The summed E-state index contributed by atoms with van der Waals surface area (Å²) in [5.41, 5.74) is 2.70. The van der Waals surface area contributed by atoms with Gasteiger partial charge >= 0.3 is 0 Å². The lowest BCUT2D eigenvalue weighted by atomic mass is 9.94. The number of carbonyl (C=O) groups is 2. The van der Waals surface area contributed by atoms with Gasteiger partial charge in [0.2, 0.25) is 11.8 Å². The topological polar surface area (TPSA) is 58.4 Å². The zero-order valence-electron chi connectivity index (χ0n) is 18.9. The smallest absolute Gasteiger partial charge is 0.242 e. The quantitative estimate of drug-likeness (QED) is 0.481. The highest BCUT2D eigenvalue weighted by Gasteiger charge is 2.35. The van der Waals surface area contributed by atoms with E-state index in [0.29, 0.717) is 19.0 Å². The fraction of sp³-hybridized carbons (Fsp3) is 0.423. The van der Waals surface area contributed by atoms with E-state index < -0.39 is 0 Å². The van der Waals surface area contributed by atoms with Crippen LogP contribution < -0.4 is 4.90 Å². The van der Waals surface area contributed by atoms with Crippen molar-refractivity contribution >= 4 is 44.5 Å². The van der Waals surface area contributed by atoms with Gasteiger partial charge in [0.15, 0.2) is 0 Å². The Balaban J connectivity index is 1.43. The first kappa shape index (κ1) is 22.1. The summed E-state index contributed by atoms with van der Waals surface area (Å²) < 4.78 is 2.99. The molecule has 172 valence electrons. The third-order valence-corrected chi connectivity index (χ3v) is 7.60. The fourth-order valence-electron chi connectivity index (χ4n) is 5.26. The number of hydrogen-bond acceptors (Lipinski definition) is 3. The average Bonchev–Trinajstić information content (AvgIpc) is 3.39. The van der Waals surface area contributed by atoms with Gasteiger partial charge in [0.25, 0.3) is 0 Å². The molecule has 33 heavy (non-hydrogen) atoms. The van der Waals surface area contributed by atoms with E-state index in [1.54, 1.807) is 0 Å². The number of amides is 2. The largest absolute Gasteiger partial charge is 0.341 e. The predicted octanol–water partition coefficient (Wildman–Crippen LogP) is 5.11. The lowest BCUT2D eigenvalue weighted by molar-refractivity contribution is -0.133. The Hall–Kier alpha value is -2.67. The number of rotatable bonds is 5. The first-order valence-electron chi connectivity index (χ1n) is 11.8. The van der Waals surface area contributed by atoms with Crippen molar-refractivity contribution in [3.8, 4) is 0 Å². The van der Waals surface area contributed by atoms with Crippen molar-refractivity contribution in [2.45, 2.75) is 57.0 Å². The summed E-state index contributed by atoms with van der Waals surface area (Å²) >= 11 is 3.50. The molecular formula is C26H29BrN4O2. The van der Waals surface area contributed by atoms with Gasteiger partial charge in [-0.05, 0) is 43.2 Å². The molecule has 1 saturated carbocycles. The van der Waals surface area contributed by atoms with E-state index in [-0.39, 0.29) is 24.3 Å². The van der Waals surface area contributed by atoms with Crippen molar-refractivity contribution in [1.82, 2.24) is 14.5 Å². The molecule has 6 nitrogen and oxygen atoms in total. The minimum atomic E-state index is -0.0586. The molecule has 1 atom stereocenters. The summed E-state index contributed by atoms with van der Waals surface area (Å²) in [5, 5.41) is 0. The number of anilines is 1. The van der Waals surface area contributed by atoms with Crippen LogP contribution in [0.4, 0.5) is 5.69 Å². The number of hydrogen-bond donors (Lipinski definition) is 0. The Kier molecular flexibility index (Phi) is 6.23. The minimum Gasteiger partial charge on any atom is -0.341 e. The lowest BCUT2D eigenvalue weighted by Crippen LogP contribution is -2.40. The zero-order valence-corrected chi connectivity index (χ0v) is 20.5. The maximum atomic E-state index is 13.3. The van der Waals surface area contributed by atoms with Crippen LogP contribution >= 0.6 is 15.9 Å². The molecule has 0 N–H and O–H groups in total. The van der Waals surface area contributed by atoms with Gasteiger partial charge in [-0.15, -0.1) is 0 Å². The zero-order chi connectivity index (χ0) is 22.9. The molecule has 7 heteroatoms. The molecule has 0 spiro atoms. The first-order valence-corrected chi connectivity index (χ1v) is 12.6. The summed E-state index contributed by atoms with van der Waals surface area (Å²) in [7, 11) is 1.94. The van der Waals surface area contributed by atoms with E-state index in [4.69, 9.17) is 4.98 Å². The summed E-state index contributed by atoms with van der Waals surface area (Å²) in [4.78, 5) is 34.9. The van der Waals surface area contributed by atoms with Crippen LogP contribution in [0.25, 0.3) is 11.0 Å². The third-order valence-electron chi connectivity index (χ3n) is 7.10. The van der Waals surface area contributed by atoms with Crippen molar-refractivity contribution < 1.29 is 9.59 Å². The number of nitrogens with zero attached hydrogens (tertiary/aromatic N) is 4. The molecule has 1 saturated heterocycles. The molecule has 5 rings (SSSR count). The highest BCUT2D eigenvalue weighted by atomic mass is 79.9. The maximum Gasteiger partial charge on any atom is 0.242 e. The molecule has 1 unspecified atom stereocenters. The van der Waals surface area contributed by atoms with Gasteiger partial charge < -0.3 is 14.4 Å².